The predicted molar refractivity (Wildman–Crippen MR) is 85.9 cm³/mol. The number of thiazole rings is 1. The number of hydrogen-bond donors (Lipinski definition) is 1. The van der Waals surface area contributed by atoms with Crippen LogP contribution in [0.5, 0.6) is 0 Å². The maximum Gasteiger partial charge on any atom is 0.180 e. The van der Waals surface area contributed by atoms with Gasteiger partial charge in [-0.3, -0.25) is 4.90 Å². The fourth-order valence-corrected chi connectivity index (χ4v) is 3.64. The van der Waals surface area contributed by atoms with E-state index in [0.717, 1.165) is 18.7 Å². The van der Waals surface area contributed by atoms with Gasteiger partial charge in [-0.25, -0.2) is 4.98 Å². The molecule has 2 heterocycles. The monoisotopic (exact) mass is 287 g/mol. The van der Waals surface area contributed by atoms with Gasteiger partial charge in [0.15, 0.2) is 5.13 Å². The van der Waals surface area contributed by atoms with Gasteiger partial charge >= 0.3 is 0 Å². The summed E-state index contributed by atoms with van der Waals surface area (Å²) in [4.78, 5) is 8.34. The molecule has 1 aliphatic heterocycles. The summed E-state index contributed by atoms with van der Waals surface area (Å²) in [5.74, 6) is 0. The first-order chi connectivity index (χ1) is 9.76. The van der Waals surface area contributed by atoms with E-state index >= 15 is 0 Å². The molecule has 3 rings (SSSR count). The standard InChI is InChI=1S/C16H21N3S/c1-2-12-5-7-13(8-6-12)15-14(20-16(17)18-15)11-19-9-3-4-10-19/h5-8H,2-4,9-11H2,1H3,(H2,17,18). The van der Waals surface area contributed by atoms with E-state index in [0.29, 0.717) is 5.13 Å². The molecule has 0 spiro atoms. The summed E-state index contributed by atoms with van der Waals surface area (Å²) in [7, 11) is 0. The van der Waals surface area contributed by atoms with Gasteiger partial charge in [-0.05, 0) is 37.9 Å². The van der Waals surface area contributed by atoms with E-state index < -0.39 is 0 Å². The van der Waals surface area contributed by atoms with Gasteiger partial charge in [0.05, 0.1) is 5.69 Å². The minimum atomic E-state index is 0.675. The number of aryl methyl sites for hydroxylation is 1. The van der Waals surface area contributed by atoms with Crippen molar-refractivity contribution < 1.29 is 0 Å². The van der Waals surface area contributed by atoms with Gasteiger partial charge in [-0.2, -0.15) is 0 Å². The van der Waals surface area contributed by atoms with Crippen molar-refractivity contribution in [2.45, 2.75) is 32.7 Å². The maximum atomic E-state index is 5.94. The van der Waals surface area contributed by atoms with Crippen LogP contribution in [0, 0.1) is 0 Å². The lowest BCUT2D eigenvalue weighted by atomic mass is 10.1. The first kappa shape index (κ1) is 13.6. The van der Waals surface area contributed by atoms with Gasteiger partial charge in [0, 0.05) is 17.0 Å². The second-order valence-electron chi connectivity index (χ2n) is 5.36. The molecule has 1 aromatic heterocycles. The molecule has 0 unspecified atom stereocenters. The van der Waals surface area contributed by atoms with Crippen molar-refractivity contribution in [3.8, 4) is 11.3 Å². The van der Waals surface area contributed by atoms with Crippen LogP contribution in [-0.2, 0) is 13.0 Å². The molecule has 106 valence electrons. The van der Waals surface area contributed by atoms with Crippen LogP contribution < -0.4 is 5.73 Å². The Hall–Kier alpha value is -1.39. The van der Waals surface area contributed by atoms with Crippen LogP contribution in [0.4, 0.5) is 5.13 Å². The quantitative estimate of drug-likeness (QED) is 0.935. The fourth-order valence-electron chi connectivity index (χ4n) is 2.74. The van der Waals surface area contributed by atoms with Gasteiger partial charge in [0.2, 0.25) is 0 Å². The Labute approximate surface area is 124 Å². The van der Waals surface area contributed by atoms with Gasteiger partial charge < -0.3 is 5.73 Å². The minimum absolute atomic E-state index is 0.675. The van der Waals surface area contributed by atoms with Crippen molar-refractivity contribution >= 4 is 16.5 Å². The molecule has 2 aromatic rings. The van der Waals surface area contributed by atoms with Crippen molar-refractivity contribution in [3.63, 3.8) is 0 Å². The Balaban J connectivity index is 1.87. The summed E-state index contributed by atoms with van der Waals surface area (Å²) in [5, 5.41) is 0.675. The topological polar surface area (TPSA) is 42.1 Å². The third-order valence-corrected chi connectivity index (χ3v) is 4.78. The normalized spacial score (nSPS) is 15.8. The van der Waals surface area contributed by atoms with Crippen LogP contribution in [0.15, 0.2) is 24.3 Å². The lowest BCUT2D eigenvalue weighted by molar-refractivity contribution is 0.334. The van der Waals surface area contributed by atoms with Crippen LogP contribution in [0.25, 0.3) is 11.3 Å². The van der Waals surface area contributed by atoms with E-state index in [-0.39, 0.29) is 0 Å². The molecule has 0 radical (unpaired) electrons. The molecular weight excluding hydrogens is 266 g/mol. The molecule has 0 atom stereocenters. The predicted octanol–water partition coefficient (Wildman–Crippen LogP) is 3.55. The molecule has 1 aliphatic rings. The Kier molecular flexibility index (Phi) is 4.03. The second-order valence-corrected chi connectivity index (χ2v) is 6.47. The lowest BCUT2D eigenvalue weighted by Gasteiger charge is -2.13. The molecule has 3 nitrogen and oxygen atoms in total. The molecule has 0 amide bonds. The van der Waals surface area contributed by atoms with Crippen molar-refractivity contribution in [3.05, 3.63) is 34.7 Å². The summed E-state index contributed by atoms with van der Waals surface area (Å²) in [5.41, 5.74) is 9.55. The zero-order chi connectivity index (χ0) is 13.9. The van der Waals surface area contributed by atoms with E-state index in [1.807, 2.05) is 0 Å². The number of likely N-dealkylation sites (tertiary alicyclic amines) is 1. The van der Waals surface area contributed by atoms with E-state index in [2.05, 4.69) is 41.1 Å². The van der Waals surface area contributed by atoms with E-state index in [1.54, 1.807) is 11.3 Å². The van der Waals surface area contributed by atoms with Crippen LogP contribution in [-0.4, -0.2) is 23.0 Å². The molecule has 1 saturated heterocycles. The summed E-state index contributed by atoms with van der Waals surface area (Å²) in [6.07, 6.45) is 3.70. The Morgan fingerprint density at radius 2 is 1.90 bits per heavy atom. The summed E-state index contributed by atoms with van der Waals surface area (Å²) < 4.78 is 0. The number of anilines is 1. The average molecular weight is 287 g/mol. The van der Waals surface area contributed by atoms with Gasteiger partial charge in [-0.15, -0.1) is 11.3 Å². The number of nitrogen functional groups attached to an aromatic ring is 1. The van der Waals surface area contributed by atoms with Crippen LogP contribution in [0.2, 0.25) is 0 Å². The molecule has 0 bridgehead atoms. The van der Waals surface area contributed by atoms with Crippen LogP contribution in [0.3, 0.4) is 0 Å². The largest absolute Gasteiger partial charge is 0.375 e. The number of rotatable bonds is 4. The molecule has 0 aliphatic carbocycles. The molecule has 20 heavy (non-hydrogen) atoms. The second kappa shape index (κ2) is 5.94. The molecule has 0 saturated carbocycles. The summed E-state index contributed by atoms with van der Waals surface area (Å²) in [6.45, 7) is 5.56. The summed E-state index contributed by atoms with van der Waals surface area (Å²) >= 11 is 1.63. The number of nitrogens with zero attached hydrogens (tertiary/aromatic N) is 2. The zero-order valence-electron chi connectivity index (χ0n) is 11.9. The first-order valence-corrected chi connectivity index (χ1v) is 8.14. The molecule has 2 N–H and O–H groups in total. The van der Waals surface area contributed by atoms with Crippen LogP contribution in [0.1, 0.15) is 30.2 Å². The summed E-state index contributed by atoms with van der Waals surface area (Å²) in [6, 6.07) is 8.70. The van der Waals surface area contributed by atoms with E-state index in [9.17, 15) is 0 Å². The Morgan fingerprint density at radius 1 is 1.20 bits per heavy atom. The van der Waals surface area contributed by atoms with E-state index in [4.69, 9.17) is 5.73 Å². The Morgan fingerprint density at radius 3 is 2.55 bits per heavy atom. The van der Waals surface area contributed by atoms with Gasteiger partial charge in [0.25, 0.3) is 0 Å². The third kappa shape index (κ3) is 2.86. The number of hydrogen-bond acceptors (Lipinski definition) is 4. The van der Waals surface area contributed by atoms with Crippen molar-refractivity contribution in [2.75, 3.05) is 18.8 Å². The van der Waals surface area contributed by atoms with Crippen LogP contribution >= 0.6 is 11.3 Å². The van der Waals surface area contributed by atoms with Crippen molar-refractivity contribution in [1.29, 1.82) is 0 Å². The molecule has 4 heteroatoms. The maximum absolute atomic E-state index is 5.94. The van der Waals surface area contributed by atoms with Crippen molar-refractivity contribution in [1.82, 2.24) is 9.88 Å². The number of nitrogens with two attached hydrogens (primary N) is 1. The SMILES string of the molecule is CCc1ccc(-c2nc(N)sc2CN2CCCC2)cc1. The zero-order valence-corrected chi connectivity index (χ0v) is 12.7. The fraction of sp³-hybridized carbons (Fsp3) is 0.438. The van der Waals surface area contributed by atoms with E-state index in [1.165, 1.54) is 41.9 Å². The lowest BCUT2D eigenvalue weighted by Crippen LogP contribution is -2.18. The highest BCUT2D eigenvalue weighted by Gasteiger charge is 2.17. The van der Waals surface area contributed by atoms with Gasteiger partial charge in [0.1, 0.15) is 0 Å². The molecule has 1 fully saturated rings. The Bertz CT molecular complexity index is 568. The molecular formula is C16H21N3S. The number of benzene rings is 1. The van der Waals surface area contributed by atoms with Gasteiger partial charge in [-0.1, -0.05) is 31.2 Å². The molecule has 1 aromatic carbocycles. The average Bonchev–Trinajstić information content (AvgIpc) is 3.09. The number of aromatic nitrogens is 1. The van der Waals surface area contributed by atoms with Crippen molar-refractivity contribution in [2.24, 2.45) is 0 Å². The smallest absolute Gasteiger partial charge is 0.180 e. The highest BCUT2D eigenvalue weighted by Crippen LogP contribution is 2.31. The third-order valence-electron chi connectivity index (χ3n) is 3.92. The minimum Gasteiger partial charge on any atom is -0.375 e. The highest BCUT2D eigenvalue weighted by molar-refractivity contribution is 7.15. The first-order valence-electron chi connectivity index (χ1n) is 7.33. The highest BCUT2D eigenvalue weighted by atomic mass is 32.1.